The molecule has 0 spiro atoms. The molecule has 130 valence electrons. The summed E-state index contributed by atoms with van der Waals surface area (Å²) in [5.41, 5.74) is 7.83. The van der Waals surface area contributed by atoms with Crippen molar-refractivity contribution >= 4 is 5.97 Å². The molecule has 0 saturated carbocycles. The van der Waals surface area contributed by atoms with Gasteiger partial charge in [-0.15, -0.1) is 0 Å². The van der Waals surface area contributed by atoms with Crippen LogP contribution in [0.1, 0.15) is 82.6 Å². The van der Waals surface area contributed by atoms with Crippen LogP contribution in [0.3, 0.4) is 0 Å². The maximum atomic E-state index is 11.0. The molecule has 2 aliphatic rings. The fraction of sp³-hybridized carbons (Fsp3) is 0.435. The third kappa shape index (κ3) is 3.49. The van der Waals surface area contributed by atoms with Gasteiger partial charge in [-0.2, -0.15) is 0 Å². The number of rotatable bonds is 3. The lowest BCUT2D eigenvalue weighted by Crippen LogP contribution is -2.04. The Morgan fingerprint density at radius 2 is 1.48 bits per heavy atom. The summed E-state index contributed by atoms with van der Waals surface area (Å²) in [6.07, 6.45) is 11.5. The van der Waals surface area contributed by atoms with Gasteiger partial charge in [-0.3, -0.25) is 0 Å². The van der Waals surface area contributed by atoms with E-state index in [-0.39, 0.29) is 0 Å². The van der Waals surface area contributed by atoms with Gasteiger partial charge in [-0.05, 0) is 90.8 Å². The molecule has 0 radical (unpaired) electrons. The normalized spacial score (nSPS) is 17.4. The average Bonchev–Trinajstić information content (AvgIpc) is 2.93. The van der Waals surface area contributed by atoms with Gasteiger partial charge in [0.05, 0.1) is 5.56 Å². The van der Waals surface area contributed by atoms with E-state index in [0.717, 1.165) is 12.3 Å². The van der Waals surface area contributed by atoms with E-state index in [2.05, 4.69) is 12.1 Å². The lowest BCUT2D eigenvalue weighted by molar-refractivity contribution is 0.0697. The van der Waals surface area contributed by atoms with Crippen molar-refractivity contribution in [2.24, 2.45) is 0 Å². The van der Waals surface area contributed by atoms with Gasteiger partial charge in [0.1, 0.15) is 0 Å². The van der Waals surface area contributed by atoms with Gasteiger partial charge in [0.2, 0.25) is 0 Å². The highest BCUT2D eigenvalue weighted by atomic mass is 16.4. The van der Waals surface area contributed by atoms with Crippen LogP contribution in [0.25, 0.3) is 0 Å². The molecule has 0 heterocycles. The second-order valence-corrected chi connectivity index (χ2v) is 7.70. The summed E-state index contributed by atoms with van der Waals surface area (Å²) in [4.78, 5) is 11.0. The first-order valence-electron chi connectivity index (χ1n) is 9.67. The van der Waals surface area contributed by atoms with Crippen LogP contribution in [-0.4, -0.2) is 11.1 Å². The fourth-order valence-electron chi connectivity index (χ4n) is 4.74. The maximum absolute atomic E-state index is 11.0. The third-order valence-corrected chi connectivity index (χ3v) is 5.93. The van der Waals surface area contributed by atoms with Crippen LogP contribution in [0.15, 0.2) is 36.4 Å². The first kappa shape index (κ1) is 16.4. The van der Waals surface area contributed by atoms with Crippen molar-refractivity contribution in [3.8, 4) is 0 Å². The van der Waals surface area contributed by atoms with E-state index >= 15 is 0 Å². The predicted octanol–water partition coefficient (Wildman–Crippen LogP) is 5.51. The summed E-state index contributed by atoms with van der Waals surface area (Å²) < 4.78 is 0. The zero-order valence-corrected chi connectivity index (χ0v) is 14.8. The minimum atomic E-state index is -0.858. The summed E-state index contributed by atoms with van der Waals surface area (Å²) in [7, 11) is 0. The number of carboxylic acid groups (broad SMARTS) is 1. The average molecular weight is 334 g/mol. The fourth-order valence-corrected chi connectivity index (χ4v) is 4.74. The predicted molar refractivity (Wildman–Crippen MR) is 101 cm³/mol. The smallest absolute Gasteiger partial charge is 0.335 e. The molecule has 2 aliphatic carbocycles. The van der Waals surface area contributed by atoms with Crippen molar-refractivity contribution in [1.29, 1.82) is 0 Å². The molecular weight excluding hydrogens is 308 g/mol. The molecule has 2 aromatic carbocycles. The van der Waals surface area contributed by atoms with Crippen molar-refractivity contribution in [3.05, 3.63) is 69.8 Å². The molecule has 1 N–H and O–H groups in total. The van der Waals surface area contributed by atoms with E-state index in [0.29, 0.717) is 5.56 Å². The van der Waals surface area contributed by atoms with E-state index in [4.69, 9.17) is 5.11 Å². The second kappa shape index (κ2) is 7.03. The minimum absolute atomic E-state index is 0.361. The van der Waals surface area contributed by atoms with Crippen molar-refractivity contribution in [2.45, 2.75) is 63.7 Å². The Hall–Kier alpha value is -2.09. The number of aryl methyl sites for hydroxylation is 2. The summed E-state index contributed by atoms with van der Waals surface area (Å²) in [6.45, 7) is 0. The molecule has 0 fully saturated rings. The van der Waals surface area contributed by atoms with Crippen LogP contribution in [0, 0.1) is 0 Å². The Kier molecular flexibility index (Phi) is 4.61. The van der Waals surface area contributed by atoms with Gasteiger partial charge >= 0.3 is 5.97 Å². The number of hydrogen-bond donors (Lipinski definition) is 1. The highest BCUT2D eigenvalue weighted by molar-refractivity contribution is 5.87. The van der Waals surface area contributed by atoms with Crippen LogP contribution in [0.4, 0.5) is 0 Å². The van der Waals surface area contributed by atoms with Crippen LogP contribution >= 0.6 is 0 Å². The standard InChI is InChI=1S/C23H26O2/c24-23(25)19-11-9-16(10-12-19)13-17-14-20-7-3-1-5-18-6-2-4-8-21(15-17)22(18)20/h9-12,14-15,18H,1-8,13H2,(H,24,25). The summed E-state index contributed by atoms with van der Waals surface area (Å²) in [5.74, 6) is -0.0674. The van der Waals surface area contributed by atoms with Crippen molar-refractivity contribution in [1.82, 2.24) is 0 Å². The Labute approximate surface area is 149 Å². The molecule has 0 unspecified atom stereocenters. The molecule has 2 nitrogen and oxygen atoms in total. The van der Waals surface area contributed by atoms with E-state index in [1.165, 1.54) is 62.5 Å². The van der Waals surface area contributed by atoms with Crippen molar-refractivity contribution < 1.29 is 9.90 Å². The summed E-state index contributed by atoms with van der Waals surface area (Å²) in [5, 5.41) is 9.05. The van der Waals surface area contributed by atoms with E-state index in [9.17, 15) is 4.79 Å². The molecular formula is C23H26O2. The van der Waals surface area contributed by atoms with Crippen LogP contribution < -0.4 is 0 Å². The van der Waals surface area contributed by atoms with Crippen LogP contribution in [0.2, 0.25) is 0 Å². The molecule has 0 bridgehead atoms. The number of carboxylic acids is 1. The quantitative estimate of drug-likeness (QED) is 0.803. The van der Waals surface area contributed by atoms with Gasteiger partial charge in [0, 0.05) is 0 Å². The molecule has 2 aromatic rings. The van der Waals surface area contributed by atoms with E-state index < -0.39 is 5.97 Å². The molecule has 25 heavy (non-hydrogen) atoms. The number of carbonyl (C=O) groups is 1. The monoisotopic (exact) mass is 334 g/mol. The first-order valence-corrected chi connectivity index (χ1v) is 9.67. The van der Waals surface area contributed by atoms with Gasteiger partial charge in [-0.1, -0.05) is 37.1 Å². The van der Waals surface area contributed by atoms with Crippen molar-refractivity contribution in [2.75, 3.05) is 0 Å². The van der Waals surface area contributed by atoms with E-state index in [1.54, 1.807) is 28.8 Å². The number of hydrogen-bond acceptors (Lipinski definition) is 1. The van der Waals surface area contributed by atoms with Gasteiger partial charge in [0.25, 0.3) is 0 Å². The largest absolute Gasteiger partial charge is 0.478 e. The zero-order chi connectivity index (χ0) is 17.2. The molecule has 0 atom stereocenters. The van der Waals surface area contributed by atoms with Crippen LogP contribution in [0.5, 0.6) is 0 Å². The molecule has 0 aromatic heterocycles. The number of benzene rings is 2. The Morgan fingerprint density at radius 3 is 2.04 bits per heavy atom. The Bertz CT molecular complexity index is 740. The van der Waals surface area contributed by atoms with Gasteiger partial charge in [-0.25, -0.2) is 4.79 Å². The highest BCUT2D eigenvalue weighted by Gasteiger charge is 2.24. The summed E-state index contributed by atoms with van der Waals surface area (Å²) in [6, 6.07) is 12.2. The first-order chi connectivity index (χ1) is 12.2. The highest BCUT2D eigenvalue weighted by Crippen LogP contribution is 2.40. The Balaban J connectivity index is 1.66. The lowest BCUT2D eigenvalue weighted by atomic mass is 9.85. The summed E-state index contributed by atoms with van der Waals surface area (Å²) >= 11 is 0. The molecule has 0 saturated heterocycles. The van der Waals surface area contributed by atoms with Crippen molar-refractivity contribution in [3.63, 3.8) is 0 Å². The maximum Gasteiger partial charge on any atom is 0.335 e. The van der Waals surface area contributed by atoms with Crippen LogP contribution in [-0.2, 0) is 19.3 Å². The number of aromatic carboxylic acids is 1. The molecule has 0 aliphatic heterocycles. The SMILES string of the molecule is O=C(O)c1ccc(Cc2cc3c4c(c2)CCCCC4CCCC3)cc1. The molecule has 4 rings (SSSR count). The zero-order valence-electron chi connectivity index (χ0n) is 14.8. The Morgan fingerprint density at radius 1 is 0.880 bits per heavy atom. The minimum Gasteiger partial charge on any atom is -0.478 e. The van der Waals surface area contributed by atoms with Gasteiger partial charge in [0.15, 0.2) is 0 Å². The lowest BCUT2D eigenvalue weighted by Gasteiger charge is -2.20. The molecule has 0 amide bonds. The molecule has 2 heteroatoms. The second-order valence-electron chi connectivity index (χ2n) is 7.70. The topological polar surface area (TPSA) is 37.3 Å². The van der Waals surface area contributed by atoms with Gasteiger partial charge < -0.3 is 5.11 Å². The van der Waals surface area contributed by atoms with E-state index in [1.807, 2.05) is 12.1 Å². The third-order valence-electron chi connectivity index (χ3n) is 5.93.